The molecule has 64 valence electrons. The Morgan fingerprint density at radius 2 is 1.91 bits per heavy atom. The highest BCUT2D eigenvalue weighted by Gasteiger charge is 2.38. The number of fused-ring (bicyclic) bond motifs is 1. The first-order valence-electron chi connectivity index (χ1n) is 4.39. The lowest BCUT2D eigenvalue weighted by molar-refractivity contribution is -0.0627. The summed E-state index contributed by atoms with van der Waals surface area (Å²) in [6.45, 7) is 2.07. The zero-order valence-electron chi connectivity index (χ0n) is 6.61. The first kappa shape index (κ1) is 7.53. The fraction of sp³-hybridized carbons (Fsp3) is 1.00. The van der Waals surface area contributed by atoms with Gasteiger partial charge in [-0.2, -0.15) is 0 Å². The molecule has 0 aliphatic carbocycles. The summed E-state index contributed by atoms with van der Waals surface area (Å²) in [5.41, 5.74) is 0. The van der Waals surface area contributed by atoms with E-state index in [2.05, 4.69) is 4.90 Å². The van der Waals surface area contributed by atoms with E-state index in [0.717, 1.165) is 25.9 Å². The predicted octanol–water partition coefficient (Wildman–Crippen LogP) is -0.424. The second-order valence-electron chi connectivity index (χ2n) is 3.59. The minimum Gasteiger partial charge on any atom is -0.390 e. The van der Waals surface area contributed by atoms with Crippen LogP contribution in [0.25, 0.3) is 0 Å². The first-order valence-corrected chi connectivity index (χ1v) is 4.39. The van der Waals surface area contributed by atoms with Crippen molar-refractivity contribution in [1.82, 2.24) is 4.90 Å². The van der Waals surface area contributed by atoms with Gasteiger partial charge >= 0.3 is 0 Å². The Morgan fingerprint density at radius 1 is 1.09 bits per heavy atom. The molecule has 2 heterocycles. The summed E-state index contributed by atoms with van der Waals surface area (Å²) >= 11 is 0. The molecular formula is C8H15NO2. The molecule has 11 heavy (non-hydrogen) atoms. The smallest absolute Gasteiger partial charge is 0.0954 e. The Hall–Kier alpha value is -0.120. The Labute approximate surface area is 66.6 Å². The molecule has 0 spiro atoms. The van der Waals surface area contributed by atoms with Crippen LogP contribution in [0.2, 0.25) is 0 Å². The second kappa shape index (κ2) is 2.73. The largest absolute Gasteiger partial charge is 0.390 e. The Bertz CT molecular complexity index is 151. The highest BCUT2D eigenvalue weighted by Crippen LogP contribution is 2.26. The van der Waals surface area contributed by atoms with Gasteiger partial charge in [0, 0.05) is 12.6 Å². The predicted molar refractivity (Wildman–Crippen MR) is 41.2 cm³/mol. The third-order valence-corrected chi connectivity index (χ3v) is 2.91. The van der Waals surface area contributed by atoms with Crippen LogP contribution in [-0.2, 0) is 0 Å². The Morgan fingerprint density at radius 3 is 2.73 bits per heavy atom. The van der Waals surface area contributed by atoms with Crippen molar-refractivity contribution in [2.24, 2.45) is 0 Å². The molecule has 2 aliphatic rings. The van der Waals surface area contributed by atoms with Crippen LogP contribution in [0, 0.1) is 0 Å². The number of hydrogen-bond donors (Lipinski definition) is 2. The van der Waals surface area contributed by atoms with Crippen LogP contribution >= 0.6 is 0 Å². The summed E-state index contributed by atoms with van der Waals surface area (Å²) in [5, 5.41) is 18.9. The SMILES string of the molecule is O[C@@H]1[C@@H](O)CCN2CCC[C@@H]12. The molecular weight excluding hydrogens is 142 g/mol. The zero-order chi connectivity index (χ0) is 7.84. The molecule has 0 saturated carbocycles. The van der Waals surface area contributed by atoms with Gasteiger partial charge in [-0.15, -0.1) is 0 Å². The number of nitrogens with zero attached hydrogens (tertiary/aromatic N) is 1. The summed E-state index contributed by atoms with van der Waals surface area (Å²) in [7, 11) is 0. The molecule has 0 bridgehead atoms. The molecule has 0 aromatic rings. The molecule has 2 saturated heterocycles. The van der Waals surface area contributed by atoms with E-state index in [1.165, 1.54) is 6.42 Å². The molecule has 2 N–H and O–H groups in total. The van der Waals surface area contributed by atoms with E-state index >= 15 is 0 Å². The van der Waals surface area contributed by atoms with Gasteiger partial charge in [0.15, 0.2) is 0 Å². The van der Waals surface area contributed by atoms with E-state index in [1.54, 1.807) is 0 Å². The number of hydrogen-bond acceptors (Lipinski definition) is 3. The van der Waals surface area contributed by atoms with Gasteiger partial charge in [0.2, 0.25) is 0 Å². The van der Waals surface area contributed by atoms with E-state index in [-0.39, 0.29) is 6.04 Å². The molecule has 3 heteroatoms. The summed E-state index contributed by atoms with van der Waals surface area (Å²) in [5.74, 6) is 0. The van der Waals surface area contributed by atoms with Crippen molar-refractivity contribution in [2.75, 3.05) is 13.1 Å². The Balaban J connectivity index is 2.06. The van der Waals surface area contributed by atoms with Crippen LogP contribution in [0.5, 0.6) is 0 Å². The zero-order valence-corrected chi connectivity index (χ0v) is 6.61. The average molecular weight is 157 g/mol. The molecule has 0 amide bonds. The lowest BCUT2D eigenvalue weighted by atomic mass is 9.97. The minimum absolute atomic E-state index is 0.249. The summed E-state index contributed by atoms with van der Waals surface area (Å²) < 4.78 is 0. The van der Waals surface area contributed by atoms with Crippen molar-refractivity contribution >= 4 is 0 Å². The highest BCUT2D eigenvalue weighted by atomic mass is 16.3. The van der Waals surface area contributed by atoms with Gasteiger partial charge < -0.3 is 10.2 Å². The lowest BCUT2D eigenvalue weighted by Crippen LogP contribution is -2.51. The van der Waals surface area contributed by atoms with E-state index in [4.69, 9.17) is 0 Å². The molecule has 0 radical (unpaired) electrons. The monoisotopic (exact) mass is 157 g/mol. The van der Waals surface area contributed by atoms with Crippen LogP contribution in [0.3, 0.4) is 0 Å². The fourth-order valence-electron chi connectivity index (χ4n) is 2.24. The van der Waals surface area contributed by atoms with Crippen molar-refractivity contribution in [1.29, 1.82) is 0 Å². The molecule has 3 nitrogen and oxygen atoms in total. The number of aliphatic hydroxyl groups is 2. The van der Waals surface area contributed by atoms with Crippen LogP contribution in [0.1, 0.15) is 19.3 Å². The summed E-state index contributed by atoms with van der Waals surface area (Å²) in [6.07, 6.45) is 1.99. The van der Waals surface area contributed by atoms with Gasteiger partial charge in [0.25, 0.3) is 0 Å². The van der Waals surface area contributed by atoms with Crippen LogP contribution in [0.4, 0.5) is 0 Å². The average Bonchev–Trinajstić information content (AvgIpc) is 2.45. The standard InChI is InChI=1S/C8H15NO2/c10-7-3-5-9-4-1-2-6(9)8(7)11/h6-8,10-11H,1-5H2/t6-,7-,8-/m0/s1. The van der Waals surface area contributed by atoms with Gasteiger partial charge in [0.05, 0.1) is 12.2 Å². The van der Waals surface area contributed by atoms with Crippen molar-refractivity contribution in [3.05, 3.63) is 0 Å². The van der Waals surface area contributed by atoms with E-state index in [0.29, 0.717) is 0 Å². The van der Waals surface area contributed by atoms with Crippen LogP contribution < -0.4 is 0 Å². The van der Waals surface area contributed by atoms with Gasteiger partial charge in [-0.3, -0.25) is 4.90 Å². The lowest BCUT2D eigenvalue weighted by Gasteiger charge is -2.36. The van der Waals surface area contributed by atoms with Crippen LogP contribution in [-0.4, -0.2) is 46.5 Å². The van der Waals surface area contributed by atoms with Gasteiger partial charge in [-0.25, -0.2) is 0 Å². The van der Waals surface area contributed by atoms with Gasteiger partial charge in [-0.05, 0) is 25.8 Å². The number of rotatable bonds is 0. The highest BCUT2D eigenvalue weighted by molar-refractivity contribution is 4.92. The van der Waals surface area contributed by atoms with Crippen molar-refractivity contribution in [2.45, 2.75) is 37.5 Å². The van der Waals surface area contributed by atoms with Crippen molar-refractivity contribution in [3.8, 4) is 0 Å². The molecule has 3 atom stereocenters. The molecule has 2 fully saturated rings. The maximum Gasteiger partial charge on any atom is 0.0954 e. The number of piperidine rings is 1. The molecule has 0 aromatic carbocycles. The summed E-state index contributed by atoms with van der Waals surface area (Å²) in [4.78, 5) is 2.29. The maximum absolute atomic E-state index is 9.56. The molecule has 2 rings (SSSR count). The first-order chi connectivity index (χ1) is 5.29. The van der Waals surface area contributed by atoms with Crippen molar-refractivity contribution in [3.63, 3.8) is 0 Å². The quantitative estimate of drug-likeness (QED) is 0.502. The van der Waals surface area contributed by atoms with Gasteiger partial charge in [0.1, 0.15) is 0 Å². The maximum atomic E-state index is 9.56. The Kier molecular flexibility index (Phi) is 1.87. The normalized spacial score (nSPS) is 45.8. The van der Waals surface area contributed by atoms with Crippen LogP contribution in [0.15, 0.2) is 0 Å². The number of aliphatic hydroxyl groups excluding tert-OH is 2. The molecule has 0 unspecified atom stereocenters. The van der Waals surface area contributed by atoms with E-state index in [9.17, 15) is 10.2 Å². The topological polar surface area (TPSA) is 43.7 Å². The second-order valence-corrected chi connectivity index (χ2v) is 3.59. The third kappa shape index (κ3) is 1.17. The fourth-order valence-corrected chi connectivity index (χ4v) is 2.24. The molecule has 0 aromatic heterocycles. The summed E-state index contributed by atoms with van der Waals surface area (Å²) in [6, 6.07) is 0.249. The minimum atomic E-state index is -0.494. The van der Waals surface area contributed by atoms with E-state index < -0.39 is 12.2 Å². The van der Waals surface area contributed by atoms with E-state index in [1.807, 2.05) is 0 Å². The third-order valence-electron chi connectivity index (χ3n) is 2.91. The van der Waals surface area contributed by atoms with Gasteiger partial charge in [-0.1, -0.05) is 0 Å². The molecule has 2 aliphatic heterocycles. The van der Waals surface area contributed by atoms with Crippen molar-refractivity contribution < 1.29 is 10.2 Å².